The van der Waals surface area contributed by atoms with Crippen LogP contribution in [0.15, 0.2) is 29.5 Å². The van der Waals surface area contributed by atoms with Crippen molar-refractivity contribution in [1.29, 1.82) is 0 Å². The smallest absolute Gasteiger partial charge is 0.193 e. The molecule has 0 spiro atoms. The Morgan fingerprint density at radius 3 is 2.54 bits per heavy atom. The number of hydrogen-bond acceptors (Lipinski definition) is 4. The minimum absolute atomic E-state index is 0.0690. The van der Waals surface area contributed by atoms with Crippen molar-refractivity contribution in [1.82, 2.24) is 30.3 Å². The van der Waals surface area contributed by atoms with Crippen LogP contribution >= 0.6 is 0 Å². The second-order valence-electron chi connectivity index (χ2n) is 7.17. The lowest BCUT2D eigenvalue weighted by atomic mass is 9.96. The molecule has 1 atom stereocenters. The maximum atomic E-state index is 14.3. The van der Waals surface area contributed by atoms with Gasteiger partial charge in [0.15, 0.2) is 5.96 Å². The molecule has 2 aromatic rings. The van der Waals surface area contributed by atoms with Crippen molar-refractivity contribution in [2.24, 2.45) is 4.99 Å². The molecule has 1 saturated heterocycles. The second kappa shape index (κ2) is 9.09. The summed E-state index contributed by atoms with van der Waals surface area (Å²) in [5.41, 5.74) is 0.0690. The Bertz CT molecular complexity index is 763. The molecule has 1 aliphatic rings. The monoisotopic (exact) mass is 391 g/mol. The number of aromatic nitrogens is 3. The Morgan fingerprint density at radius 2 is 2.00 bits per heavy atom. The van der Waals surface area contributed by atoms with E-state index in [1.165, 1.54) is 24.5 Å². The summed E-state index contributed by atoms with van der Waals surface area (Å²) < 4.78 is 28.5. The molecule has 0 aliphatic carbocycles. The van der Waals surface area contributed by atoms with Gasteiger partial charge in [0.1, 0.15) is 23.8 Å². The van der Waals surface area contributed by atoms with E-state index < -0.39 is 17.7 Å². The summed E-state index contributed by atoms with van der Waals surface area (Å²) in [5.74, 6) is 0.940. The van der Waals surface area contributed by atoms with E-state index in [1.54, 1.807) is 11.9 Å². The lowest BCUT2D eigenvalue weighted by Crippen LogP contribution is -2.47. The van der Waals surface area contributed by atoms with Gasteiger partial charge in [0.05, 0.1) is 6.04 Å². The van der Waals surface area contributed by atoms with Gasteiger partial charge >= 0.3 is 0 Å². The fourth-order valence-corrected chi connectivity index (χ4v) is 3.67. The number of likely N-dealkylation sites (tertiary alicyclic amines) is 1. The average Bonchev–Trinajstić information content (AvgIpc) is 3.21. The van der Waals surface area contributed by atoms with Crippen molar-refractivity contribution in [2.75, 3.05) is 40.8 Å². The Hall–Kier alpha value is -2.55. The lowest BCUT2D eigenvalue weighted by molar-refractivity contribution is 0.270. The first-order valence-corrected chi connectivity index (χ1v) is 9.42. The van der Waals surface area contributed by atoms with Crippen LogP contribution in [-0.4, -0.2) is 71.7 Å². The number of likely N-dealkylation sites (N-methyl/N-ethyl adjacent to an activating group) is 1. The highest BCUT2D eigenvalue weighted by Crippen LogP contribution is 2.26. The average molecular weight is 391 g/mol. The van der Waals surface area contributed by atoms with Gasteiger partial charge in [-0.05, 0) is 39.1 Å². The number of hydrogen-bond donors (Lipinski definition) is 2. The van der Waals surface area contributed by atoms with Crippen LogP contribution in [0.1, 0.15) is 36.2 Å². The van der Waals surface area contributed by atoms with E-state index in [4.69, 9.17) is 0 Å². The number of benzene rings is 1. The van der Waals surface area contributed by atoms with E-state index >= 15 is 0 Å². The largest absolute Gasteiger partial charge is 0.354 e. The molecule has 2 heterocycles. The molecule has 7 nitrogen and oxygen atoms in total. The predicted octanol–water partition coefficient (Wildman–Crippen LogP) is 2.14. The zero-order valence-corrected chi connectivity index (χ0v) is 16.5. The van der Waals surface area contributed by atoms with Gasteiger partial charge in [-0.1, -0.05) is 6.07 Å². The number of nitrogens with zero attached hydrogens (tertiary/aromatic N) is 5. The first-order chi connectivity index (χ1) is 13.5. The summed E-state index contributed by atoms with van der Waals surface area (Å²) in [6.07, 6.45) is 3.41. The van der Waals surface area contributed by atoms with E-state index in [9.17, 15) is 8.78 Å². The van der Waals surface area contributed by atoms with Gasteiger partial charge in [0.25, 0.3) is 0 Å². The van der Waals surface area contributed by atoms with Crippen molar-refractivity contribution in [3.8, 4) is 0 Å². The Labute approximate surface area is 163 Å². The number of rotatable bonds is 5. The number of guanidine groups is 1. The molecule has 1 fully saturated rings. The molecule has 0 amide bonds. The number of nitrogens with one attached hydrogen (secondary N) is 2. The van der Waals surface area contributed by atoms with E-state index in [0.717, 1.165) is 37.7 Å². The summed E-state index contributed by atoms with van der Waals surface area (Å²) in [5, 5.41) is 10.2. The molecule has 152 valence electrons. The highest BCUT2D eigenvalue weighted by Gasteiger charge is 2.26. The van der Waals surface area contributed by atoms with Gasteiger partial charge < -0.3 is 15.1 Å². The zero-order valence-electron chi connectivity index (χ0n) is 16.5. The van der Waals surface area contributed by atoms with E-state index in [-0.39, 0.29) is 5.56 Å². The molecule has 0 bridgehead atoms. The number of piperidine rings is 1. The van der Waals surface area contributed by atoms with Crippen LogP contribution in [0.4, 0.5) is 8.78 Å². The third kappa shape index (κ3) is 4.46. The standard InChI is InChI=1S/C19H27F2N7/c1-22-19(28-9-7-13(8-10-28)18-24-12-25-26-18)23-11-16(27(2)3)17-14(20)5-4-6-15(17)21/h4-6,12-13,16H,7-11H2,1-3H3,(H,22,23)(H,24,25,26). The molecule has 0 saturated carbocycles. The van der Waals surface area contributed by atoms with Crippen LogP contribution in [0, 0.1) is 11.6 Å². The Balaban J connectivity index is 1.63. The first kappa shape index (κ1) is 20.2. The van der Waals surface area contributed by atoms with Gasteiger partial charge in [-0.25, -0.2) is 13.8 Å². The minimum Gasteiger partial charge on any atom is -0.354 e. The number of H-pyrrole nitrogens is 1. The van der Waals surface area contributed by atoms with Crippen LogP contribution in [0.5, 0.6) is 0 Å². The van der Waals surface area contributed by atoms with Gasteiger partial charge in [0, 0.05) is 38.2 Å². The molecule has 1 aromatic carbocycles. The fourth-order valence-electron chi connectivity index (χ4n) is 3.67. The van der Waals surface area contributed by atoms with Crippen LogP contribution < -0.4 is 5.32 Å². The van der Waals surface area contributed by atoms with Crippen LogP contribution in [-0.2, 0) is 0 Å². The van der Waals surface area contributed by atoms with Crippen molar-refractivity contribution in [3.63, 3.8) is 0 Å². The molecule has 1 aliphatic heterocycles. The SMILES string of the molecule is CN=C(NCC(c1c(F)cccc1F)N(C)C)N1CCC(c2ncn[nH]2)CC1. The summed E-state index contributed by atoms with van der Waals surface area (Å²) in [7, 11) is 5.34. The summed E-state index contributed by atoms with van der Waals surface area (Å²) in [6.45, 7) is 2.00. The second-order valence-corrected chi connectivity index (χ2v) is 7.17. The highest BCUT2D eigenvalue weighted by molar-refractivity contribution is 5.80. The van der Waals surface area contributed by atoms with Crippen molar-refractivity contribution in [3.05, 3.63) is 47.5 Å². The van der Waals surface area contributed by atoms with Crippen LogP contribution in [0.2, 0.25) is 0 Å². The molecule has 0 radical (unpaired) electrons. The molecule has 2 N–H and O–H groups in total. The Morgan fingerprint density at radius 1 is 1.32 bits per heavy atom. The molecular formula is C19H27F2N7. The van der Waals surface area contributed by atoms with Crippen molar-refractivity contribution >= 4 is 5.96 Å². The van der Waals surface area contributed by atoms with Gasteiger partial charge in [-0.2, -0.15) is 5.10 Å². The minimum atomic E-state index is -0.539. The van der Waals surface area contributed by atoms with Crippen LogP contribution in [0.3, 0.4) is 0 Å². The summed E-state index contributed by atoms with van der Waals surface area (Å²) in [4.78, 5) is 12.6. The highest BCUT2D eigenvalue weighted by atomic mass is 19.1. The molecule has 28 heavy (non-hydrogen) atoms. The van der Waals surface area contributed by atoms with Gasteiger partial charge in [0.2, 0.25) is 0 Å². The molecule has 1 unspecified atom stereocenters. The molecule has 9 heteroatoms. The summed E-state index contributed by atoms with van der Waals surface area (Å²) >= 11 is 0. The summed E-state index contributed by atoms with van der Waals surface area (Å²) in [6, 6.07) is 3.51. The van der Waals surface area contributed by atoms with Gasteiger partial charge in [-0.15, -0.1) is 0 Å². The predicted molar refractivity (Wildman–Crippen MR) is 104 cm³/mol. The molecule has 3 rings (SSSR count). The van der Waals surface area contributed by atoms with Crippen molar-refractivity contribution in [2.45, 2.75) is 24.8 Å². The third-order valence-corrected chi connectivity index (χ3v) is 5.24. The molecule has 1 aromatic heterocycles. The maximum Gasteiger partial charge on any atom is 0.193 e. The van der Waals surface area contributed by atoms with Gasteiger partial charge in [-0.3, -0.25) is 10.1 Å². The first-order valence-electron chi connectivity index (χ1n) is 9.42. The molecular weight excluding hydrogens is 364 g/mol. The van der Waals surface area contributed by atoms with Crippen LogP contribution in [0.25, 0.3) is 0 Å². The topological polar surface area (TPSA) is 72.4 Å². The normalized spacial score (nSPS) is 17.2. The van der Waals surface area contributed by atoms with Crippen molar-refractivity contribution < 1.29 is 8.78 Å². The van der Waals surface area contributed by atoms with E-state index in [0.29, 0.717) is 12.5 Å². The van der Waals surface area contributed by atoms with E-state index in [2.05, 4.69) is 30.4 Å². The van der Waals surface area contributed by atoms with E-state index in [1.807, 2.05) is 14.1 Å². The Kier molecular flexibility index (Phi) is 6.56. The fraction of sp³-hybridized carbons (Fsp3) is 0.526. The number of halogens is 2. The number of aliphatic imine (C=N–C) groups is 1. The maximum absolute atomic E-state index is 14.3. The number of aromatic amines is 1. The lowest BCUT2D eigenvalue weighted by Gasteiger charge is -2.34. The third-order valence-electron chi connectivity index (χ3n) is 5.24. The zero-order chi connectivity index (χ0) is 20.1. The quantitative estimate of drug-likeness (QED) is 0.604.